The van der Waals surface area contributed by atoms with Gasteiger partial charge in [-0.1, -0.05) is 15.9 Å². The lowest BCUT2D eigenvalue weighted by Gasteiger charge is -2.12. The highest BCUT2D eigenvalue weighted by molar-refractivity contribution is 14.1. The zero-order chi connectivity index (χ0) is 12.4. The number of nitrogens with zero attached hydrogens (tertiary/aromatic N) is 3. The molecule has 0 radical (unpaired) electrons. The first-order valence-corrected chi connectivity index (χ1v) is 6.91. The number of rotatable bonds is 3. The van der Waals surface area contributed by atoms with E-state index < -0.39 is 6.10 Å². The second-order valence-electron chi connectivity index (χ2n) is 3.69. The van der Waals surface area contributed by atoms with E-state index >= 15 is 0 Å². The van der Waals surface area contributed by atoms with Crippen LogP contribution in [0.25, 0.3) is 0 Å². The number of aryl methyl sites for hydroxylation is 1. The van der Waals surface area contributed by atoms with Crippen molar-refractivity contribution in [3.8, 4) is 0 Å². The Morgan fingerprint density at radius 2 is 2.29 bits per heavy atom. The van der Waals surface area contributed by atoms with Crippen molar-refractivity contribution in [2.75, 3.05) is 0 Å². The summed E-state index contributed by atoms with van der Waals surface area (Å²) < 4.78 is 3.68. The fourth-order valence-electron chi connectivity index (χ4n) is 1.56. The highest BCUT2D eigenvalue weighted by Crippen LogP contribution is 2.25. The van der Waals surface area contributed by atoms with E-state index in [0.717, 1.165) is 19.4 Å². The molecule has 6 heteroatoms. The molecule has 1 N–H and O–H groups in total. The van der Waals surface area contributed by atoms with Gasteiger partial charge in [-0.25, -0.2) is 4.98 Å². The van der Waals surface area contributed by atoms with E-state index in [-0.39, 0.29) is 0 Å². The summed E-state index contributed by atoms with van der Waals surface area (Å²) in [7, 11) is 1.82. The average molecular weight is 408 g/mol. The minimum Gasteiger partial charge on any atom is -0.388 e. The summed E-state index contributed by atoms with van der Waals surface area (Å²) in [4.78, 5) is 4.11. The van der Waals surface area contributed by atoms with Crippen LogP contribution in [0.1, 0.15) is 17.5 Å². The van der Waals surface area contributed by atoms with Crippen molar-refractivity contribution in [2.24, 2.45) is 7.05 Å². The molecule has 0 aliphatic heterocycles. The second kappa shape index (κ2) is 5.45. The number of aromatic nitrogens is 3. The third-order valence-corrected chi connectivity index (χ3v) is 3.97. The fourth-order valence-corrected chi connectivity index (χ4v) is 2.63. The van der Waals surface area contributed by atoms with Gasteiger partial charge >= 0.3 is 0 Å². The van der Waals surface area contributed by atoms with Gasteiger partial charge in [0.05, 0.1) is 6.10 Å². The Morgan fingerprint density at radius 3 is 2.94 bits per heavy atom. The first-order valence-electron chi connectivity index (χ1n) is 5.04. The van der Waals surface area contributed by atoms with Crippen molar-refractivity contribution < 1.29 is 5.11 Å². The van der Waals surface area contributed by atoms with Crippen LogP contribution in [0.5, 0.6) is 0 Å². The van der Waals surface area contributed by atoms with E-state index in [1.807, 2.05) is 25.2 Å². The Hall–Kier alpha value is -0.470. The molecule has 0 bridgehead atoms. The third-order valence-electron chi connectivity index (χ3n) is 2.50. The van der Waals surface area contributed by atoms with Gasteiger partial charge in [0.25, 0.3) is 0 Å². The van der Waals surface area contributed by atoms with E-state index in [4.69, 9.17) is 0 Å². The van der Waals surface area contributed by atoms with Gasteiger partial charge in [0, 0.05) is 21.5 Å². The highest BCUT2D eigenvalue weighted by atomic mass is 127. The van der Waals surface area contributed by atoms with Gasteiger partial charge in [-0.05, 0) is 46.4 Å². The van der Waals surface area contributed by atoms with Crippen molar-refractivity contribution in [3.63, 3.8) is 0 Å². The number of hydrogen-bond donors (Lipinski definition) is 1. The lowest BCUT2D eigenvalue weighted by Crippen LogP contribution is -2.08. The van der Waals surface area contributed by atoms with E-state index in [9.17, 15) is 5.11 Å². The smallest absolute Gasteiger partial charge is 0.138 e. The molecule has 17 heavy (non-hydrogen) atoms. The number of benzene rings is 1. The minimum absolute atomic E-state index is 0.461. The quantitative estimate of drug-likeness (QED) is 0.795. The Balaban J connectivity index is 2.23. The van der Waals surface area contributed by atoms with Gasteiger partial charge in [0.1, 0.15) is 12.2 Å². The molecular weight excluding hydrogens is 397 g/mol. The van der Waals surface area contributed by atoms with Gasteiger partial charge in [-0.2, -0.15) is 5.10 Å². The van der Waals surface area contributed by atoms with Crippen molar-refractivity contribution in [1.82, 2.24) is 14.8 Å². The largest absolute Gasteiger partial charge is 0.388 e. The summed E-state index contributed by atoms with van der Waals surface area (Å²) in [5.41, 5.74) is 0.906. The van der Waals surface area contributed by atoms with Gasteiger partial charge in [0.15, 0.2) is 0 Å². The zero-order valence-corrected chi connectivity index (χ0v) is 12.9. The lowest BCUT2D eigenvalue weighted by atomic mass is 10.1. The molecule has 0 amide bonds. The molecule has 2 aromatic rings. The van der Waals surface area contributed by atoms with E-state index in [1.165, 1.54) is 6.33 Å². The van der Waals surface area contributed by atoms with Crippen LogP contribution in [-0.2, 0) is 13.5 Å². The van der Waals surface area contributed by atoms with Crippen LogP contribution >= 0.6 is 38.5 Å². The highest BCUT2D eigenvalue weighted by Gasteiger charge is 2.15. The first-order chi connectivity index (χ1) is 8.08. The van der Waals surface area contributed by atoms with Crippen molar-refractivity contribution in [3.05, 3.63) is 44.0 Å². The molecule has 1 atom stereocenters. The van der Waals surface area contributed by atoms with Gasteiger partial charge in [-0.3, -0.25) is 4.68 Å². The Labute approximate surface area is 121 Å². The van der Waals surface area contributed by atoms with Crippen LogP contribution in [0.3, 0.4) is 0 Å². The zero-order valence-electron chi connectivity index (χ0n) is 9.14. The standard InChI is InChI=1S/C11H11BrIN3O/c1-16-11(14-6-15-16)5-10(17)8-4-7(12)2-3-9(8)13/h2-4,6,10,17H,5H2,1H3. The summed E-state index contributed by atoms with van der Waals surface area (Å²) in [6, 6.07) is 5.86. The van der Waals surface area contributed by atoms with Crippen molar-refractivity contribution >= 4 is 38.5 Å². The topological polar surface area (TPSA) is 50.9 Å². The molecule has 4 nitrogen and oxygen atoms in total. The molecule has 0 aliphatic carbocycles. The number of aliphatic hydroxyl groups is 1. The first kappa shape index (κ1) is 13.0. The number of hydrogen-bond acceptors (Lipinski definition) is 3. The maximum absolute atomic E-state index is 10.2. The molecule has 1 aromatic heterocycles. The number of aliphatic hydroxyl groups excluding tert-OH is 1. The molecule has 0 spiro atoms. The predicted octanol–water partition coefficient (Wildman–Crippen LogP) is 2.46. The van der Waals surface area contributed by atoms with E-state index in [2.05, 4.69) is 48.6 Å². The molecule has 0 aliphatic rings. The summed E-state index contributed by atoms with van der Waals surface area (Å²) in [6.07, 6.45) is 1.39. The molecule has 0 fully saturated rings. The summed E-state index contributed by atoms with van der Waals surface area (Å²) >= 11 is 5.63. The Bertz CT molecular complexity index is 529. The summed E-state index contributed by atoms with van der Waals surface area (Å²) in [5.74, 6) is 0.772. The normalized spacial score (nSPS) is 12.7. The fraction of sp³-hybridized carbons (Fsp3) is 0.273. The molecule has 0 saturated heterocycles. The van der Waals surface area contributed by atoms with E-state index in [0.29, 0.717) is 6.42 Å². The van der Waals surface area contributed by atoms with E-state index in [1.54, 1.807) is 4.68 Å². The molecule has 1 heterocycles. The maximum Gasteiger partial charge on any atom is 0.138 e. The lowest BCUT2D eigenvalue weighted by molar-refractivity contribution is 0.173. The number of halogens is 2. The molecular formula is C11H11BrIN3O. The van der Waals surface area contributed by atoms with Crippen molar-refractivity contribution in [2.45, 2.75) is 12.5 Å². The monoisotopic (exact) mass is 407 g/mol. The SMILES string of the molecule is Cn1ncnc1CC(O)c1cc(Br)ccc1I. The van der Waals surface area contributed by atoms with Crippen LogP contribution in [0.15, 0.2) is 29.0 Å². The Kier molecular flexibility index (Phi) is 4.16. The summed E-state index contributed by atoms with van der Waals surface area (Å²) in [5, 5.41) is 14.2. The second-order valence-corrected chi connectivity index (χ2v) is 5.76. The minimum atomic E-state index is -0.567. The molecule has 2 rings (SSSR count). The molecule has 1 aromatic carbocycles. The average Bonchev–Trinajstić information content (AvgIpc) is 2.68. The van der Waals surface area contributed by atoms with Crippen molar-refractivity contribution in [1.29, 1.82) is 0 Å². The van der Waals surface area contributed by atoms with Crippen LogP contribution in [0, 0.1) is 3.57 Å². The predicted molar refractivity (Wildman–Crippen MR) is 76.5 cm³/mol. The molecule has 90 valence electrons. The Morgan fingerprint density at radius 1 is 1.53 bits per heavy atom. The van der Waals surface area contributed by atoms with Crippen LogP contribution in [-0.4, -0.2) is 19.9 Å². The van der Waals surface area contributed by atoms with Gasteiger partial charge < -0.3 is 5.11 Å². The molecule has 0 saturated carbocycles. The maximum atomic E-state index is 10.2. The van der Waals surface area contributed by atoms with Crippen LogP contribution in [0.2, 0.25) is 0 Å². The van der Waals surface area contributed by atoms with Gasteiger partial charge in [0.2, 0.25) is 0 Å². The molecule has 1 unspecified atom stereocenters. The third kappa shape index (κ3) is 3.05. The van der Waals surface area contributed by atoms with Crippen LogP contribution < -0.4 is 0 Å². The van der Waals surface area contributed by atoms with Crippen LogP contribution in [0.4, 0.5) is 0 Å². The summed E-state index contributed by atoms with van der Waals surface area (Å²) in [6.45, 7) is 0. The van der Waals surface area contributed by atoms with Gasteiger partial charge in [-0.15, -0.1) is 0 Å².